The van der Waals surface area contributed by atoms with Gasteiger partial charge in [0.2, 0.25) is 0 Å². The van der Waals surface area contributed by atoms with Gasteiger partial charge in [0.1, 0.15) is 5.75 Å². The van der Waals surface area contributed by atoms with Crippen LogP contribution < -0.4 is 4.74 Å². The van der Waals surface area contributed by atoms with Crippen molar-refractivity contribution in [3.63, 3.8) is 0 Å². The number of benzene rings is 2. The highest BCUT2D eigenvalue weighted by Gasteiger charge is 2.27. The van der Waals surface area contributed by atoms with Crippen molar-refractivity contribution in [3.8, 4) is 5.75 Å². The Morgan fingerprint density at radius 3 is 2.67 bits per heavy atom. The molecule has 1 unspecified atom stereocenters. The normalized spacial score (nSPS) is 17.0. The van der Waals surface area contributed by atoms with Crippen LogP contribution in [0.4, 0.5) is 0 Å². The van der Waals surface area contributed by atoms with Gasteiger partial charge in [-0.3, -0.25) is 0 Å². The van der Waals surface area contributed by atoms with E-state index in [2.05, 4.69) is 67.9 Å². The summed E-state index contributed by atoms with van der Waals surface area (Å²) < 4.78 is 8.55. The highest BCUT2D eigenvalue weighted by molar-refractivity contribution is 7.99. The van der Waals surface area contributed by atoms with Crippen LogP contribution in [0, 0.1) is 13.8 Å². The van der Waals surface area contributed by atoms with Gasteiger partial charge in [-0.25, -0.2) is 0 Å². The van der Waals surface area contributed by atoms with Gasteiger partial charge in [0.15, 0.2) is 0 Å². The Hall–Kier alpha value is -1.87. The fraction of sp³-hybridized carbons (Fsp3) is 0.333. The van der Waals surface area contributed by atoms with Gasteiger partial charge in [0.05, 0.1) is 11.6 Å². The number of rotatable bonds is 3. The summed E-state index contributed by atoms with van der Waals surface area (Å²) in [6, 6.07) is 15.2. The summed E-state index contributed by atoms with van der Waals surface area (Å²) in [6.45, 7) is 5.00. The summed E-state index contributed by atoms with van der Waals surface area (Å²) in [5.41, 5.74) is 5.33. The molecule has 124 valence electrons. The van der Waals surface area contributed by atoms with Gasteiger partial charge in [-0.15, -0.1) is 11.8 Å². The number of ether oxygens (including phenoxy) is 1. The van der Waals surface area contributed by atoms with Crippen molar-refractivity contribution in [2.75, 3.05) is 12.4 Å². The van der Waals surface area contributed by atoms with Crippen LogP contribution in [0.25, 0.3) is 10.9 Å². The molecule has 1 atom stereocenters. The monoisotopic (exact) mass is 337 g/mol. The van der Waals surface area contributed by atoms with E-state index in [1.807, 2.05) is 11.8 Å². The van der Waals surface area contributed by atoms with E-state index in [9.17, 15) is 0 Å². The quantitative estimate of drug-likeness (QED) is 0.630. The molecule has 2 aromatic carbocycles. The summed E-state index contributed by atoms with van der Waals surface area (Å²) in [4.78, 5) is 0. The first-order valence-electron chi connectivity index (χ1n) is 8.54. The molecule has 0 saturated heterocycles. The van der Waals surface area contributed by atoms with Gasteiger partial charge in [-0.2, -0.15) is 0 Å². The first-order valence-corrected chi connectivity index (χ1v) is 9.53. The number of hydrogen-bond acceptors (Lipinski definition) is 2. The molecule has 2 heterocycles. The number of thioether (sulfide) groups is 1. The highest BCUT2D eigenvalue weighted by atomic mass is 32.2. The number of fused-ring (bicyclic) bond motifs is 3. The van der Waals surface area contributed by atoms with Crippen LogP contribution in [0.5, 0.6) is 5.75 Å². The second kappa shape index (κ2) is 6.21. The Morgan fingerprint density at radius 2 is 1.88 bits per heavy atom. The number of nitrogens with zero attached hydrogens (tertiary/aromatic N) is 1. The minimum atomic E-state index is 0.466. The van der Waals surface area contributed by atoms with E-state index >= 15 is 0 Å². The summed E-state index contributed by atoms with van der Waals surface area (Å²) in [7, 11) is 2.18. The van der Waals surface area contributed by atoms with E-state index < -0.39 is 0 Å². The number of aromatic nitrogens is 1. The lowest BCUT2D eigenvalue weighted by Gasteiger charge is -2.24. The standard InChI is InChI=1S/C21H23NOS/c1-14-10-15(2)12-17(11-14)23-13-16-8-9-24-21-20(16)18-6-4-5-7-19(18)22(21)3/h4-7,10-12,16H,8-9,13H2,1-3H3. The molecule has 0 amide bonds. The maximum atomic E-state index is 6.20. The molecule has 0 saturated carbocycles. The molecule has 0 aliphatic carbocycles. The fourth-order valence-electron chi connectivity index (χ4n) is 3.79. The highest BCUT2D eigenvalue weighted by Crippen LogP contribution is 2.43. The molecular weight excluding hydrogens is 314 g/mol. The Kier molecular flexibility index (Phi) is 4.05. The lowest BCUT2D eigenvalue weighted by Crippen LogP contribution is -2.15. The zero-order valence-electron chi connectivity index (χ0n) is 14.5. The lowest BCUT2D eigenvalue weighted by molar-refractivity contribution is 0.283. The Bertz CT molecular complexity index is 876. The summed E-state index contributed by atoms with van der Waals surface area (Å²) in [5, 5.41) is 2.80. The minimum absolute atomic E-state index is 0.466. The first-order chi connectivity index (χ1) is 11.6. The van der Waals surface area contributed by atoms with E-state index in [1.165, 1.54) is 39.0 Å². The van der Waals surface area contributed by atoms with Crippen molar-refractivity contribution in [1.82, 2.24) is 4.57 Å². The lowest BCUT2D eigenvalue weighted by atomic mass is 9.96. The van der Waals surface area contributed by atoms with Crippen molar-refractivity contribution in [2.24, 2.45) is 7.05 Å². The molecule has 3 heteroatoms. The molecule has 24 heavy (non-hydrogen) atoms. The molecule has 0 bridgehead atoms. The van der Waals surface area contributed by atoms with Crippen LogP contribution in [0.15, 0.2) is 47.5 Å². The van der Waals surface area contributed by atoms with Gasteiger partial charge in [0, 0.05) is 29.6 Å². The van der Waals surface area contributed by atoms with Crippen LogP contribution in [0.2, 0.25) is 0 Å². The molecule has 4 rings (SSSR count). The molecule has 1 aromatic heterocycles. The van der Waals surface area contributed by atoms with Crippen LogP contribution in [0.3, 0.4) is 0 Å². The van der Waals surface area contributed by atoms with Crippen molar-refractivity contribution < 1.29 is 4.74 Å². The minimum Gasteiger partial charge on any atom is -0.493 e. The largest absolute Gasteiger partial charge is 0.493 e. The van der Waals surface area contributed by atoms with Crippen LogP contribution in [-0.2, 0) is 7.05 Å². The van der Waals surface area contributed by atoms with Crippen LogP contribution >= 0.6 is 11.8 Å². The van der Waals surface area contributed by atoms with Gasteiger partial charge >= 0.3 is 0 Å². The van der Waals surface area contributed by atoms with Crippen LogP contribution in [-0.4, -0.2) is 16.9 Å². The molecule has 1 aliphatic heterocycles. The molecule has 0 fully saturated rings. The predicted octanol–water partition coefficient (Wildman–Crippen LogP) is 5.45. The van der Waals surface area contributed by atoms with Crippen LogP contribution in [0.1, 0.15) is 29.0 Å². The van der Waals surface area contributed by atoms with Crippen molar-refractivity contribution >= 4 is 22.7 Å². The third-order valence-corrected chi connectivity index (χ3v) is 6.06. The number of aryl methyl sites for hydroxylation is 3. The molecule has 3 aromatic rings. The Labute approximate surface area is 147 Å². The second-order valence-electron chi connectivity index (χ2n) is 6.76. The second-order valence-corrected chi connectivity index (χ2v) is 7.85. The summed E-state index contributed by atoms with van der Waals surface area (Å²) in [5.74, 6) is 2.62. The average molecular weight is 337 g/mol. The van der Waals surface area contributed by atoms with E-state index in [4.69, 9.17) is 4.74 Å². The third-order valence-electron chi connectivity index (χ3n) is 4.85. The maximum absolute atomic E-state index is 6.20. The van der Waals surface area contributed by atoms with Gasteiger partial charge in [-0.1, -0.05) is 24.3 Å². The average Bonchev–Trinajstić information content (AvgIpc) is 2.86. The molecule has 2 nitrogen and oxygen atoms in total. The van der Waals surface area contributed by atoms with Crippen molar-refractivity contribution in [2.45, 2.75) is 31.2 Å². The molecule has 0 radical (unpaired) electrons. The van der Waals surface area contributed by atoms with E-state index in [0.29, 0.717) is 5.92 Å². The predicted molar refractivity (Wildman–Crippen MR) is 102 cm³/mol. The maximum Gasteiger partial charge on any atom is 0.119 e. The fourth-order valence-corrected chi connectivity index (χ4v) is 5.11. The SMILES string of the molecule is Cc1cc(C)cc(OCC2CCSc3c2c2ccccc2n3C)c1. The molecule has 0 N–H and O–H groups in total. The zero-order chi connectivity index (χ0) is 16.7. The molecular formula is C21H23NOS. The first kappa shape index (κ1) is 15.6. The van der Waals surface area contributed by atoms with Gasteiger partial charge in [-0.05, 0) is 55.2 Å². The molecule has 1 aliphatic rings. The molecule has 0 spiro atoms. The smallest absolute Gasteiger partial charge is 0.119 e. The van der Waals surface area contributed by atoms with Gasteiger partial charge in [0.25, 0.3) is 0 Å². The topological polar surface area (TPSA) is 14.2 Å². The Balaban J connectivity index is 1.66. The van der Waals surface area contributed by atoms with Gasteiger partial charge < -0.3 is 9.30 Å². The number of para-hydroxylation sites is 1. The van der Waals surface area contributed by atoms with E-state index in [0.717, 1.165) is 18.1 Å². The van der Waals surface area contributed by atoms with Crippen molar-refractivity contribution in [1.29, 1.82) is 0 Å². The summed E-state index contributed by atoms with van der Waals surface area (Å²) >= 11 is 1.98. The Morgan fingerprint density at radius 1 is 1.12 bits per heavy atom. The zero-order valence-corrected chi connectivity index (χ0v) is 15.3. The van der Waals surface area contributed by atoms with E-state index in [-0.39, 0.29) is 0 Å². The summed E-state index contributed by atoms with van der Waals surface area (Å²) in [6.07, 6.45) is 1.18. The van der Waals surface area contributed by atoms with E-state index in [1.54, 1.807) is 0 Å². The number of hydrogen-bond donors (Lipinski definition) is 0. The third kappa shape index (κ3) is 2.71. The van der Waals surface area contributed by atoms with Crippen molar-refractivity contribution in [3.05, 3.63) is 59.2 Å².